The van der Waals surface area contributed by atoms with Gasteiger partial charge in [0.1, 0.15) is 0 Å². The van der Waals surface area contributed by atoms with Crippen molar-refractivity contribution in [3.05, 3.63) is 55.6 Å². The van der Waals surface area contributed by atoms with E-state index in [0.717, 1.165) is 55.6 Å². The second-order valence-corrected chi connectivity index (χ2v) is 13.6. The van der Waals surface area contributed by atoms with Gasteiger partial charge in [0, 0.05) is 40.6 Å². The summed E-state index contributed by atoms with van der Waals surface area (Å²) in [6, 6.07) is 5.03. The van der Waals surface area contributed by atoms with Crippen LogP contribution in [0.1, 0.15) is 93.7 Å². The smallest absolute Gasteiger partial charge is 0.222 e. The molecule has 1 saturated carbocycles. The Hall–Kier alpha value is -1.07. The Balaban J connectivity index is 1.27. The first-order chi connectivity index (χ1) is 17.4. The molecule has 0 bridgehead atoms. The average Bonchev–Trinajstić information content (AvgIpc) is 3.02. The van der Waals surface area contributed by atoms with Crippen LogP contribution in [-0.2, 0) is 11.2 Å². The molecule has 4 aliphatic rings. The van der Waals surface area contributed by atoms with Crippen LogP contribution in [-0.4, -0.2) is 29.9 Å². The minimum Gasteiger partial charge on any atom is -0.383 e. The molecule has 2 fully saturated rings. The van der Waals surface area contributed by atoms with Crippen LogP contribution in [0, 0.1) is 24.7 Å². The number of nitrogens with zero attached hydrogens (tertiary/aromatic N) is 1. The average molecular weight is 618 g/mol. The summed E-state index contributed by atoms with van der Waals surface area (Å²) in [4.78, 5) is 15.4. The molecule has 1 amide bonds. The zero-order chi connectivity index (χ0) is 25.2. The van der Waals surface area contributed by atoms with Crippen LogP contribution in [0.3, 0.4) is 0 Å². The van der Waals surface area contributed by atoms with E-state index < -0.39 is 0 Å². The maximum atomic E-state index is 13.2. The van der Waals surface area contributed by atoms with E-state index in [1.165, 1.54) is 65.3 Å². The summed E-state index contributed by atoms with van der Waals surface area (Å²) < 4.78 is 2.40. The van der Waals surface area contributed by atoms with Gasteiger partial charge in [-0.1, -0.05) is 54.6 Å². The van der Waals surface area contributed by atoms with E-state index in [4.69, 9.17) is 0 Å². The van der Waals surface area contributed by atoms with Gasteiger partial charge in [-0.2, -0.15) is 0 Å². The number of halogens is 2. The topological polar surface area (TPSA) is 32.3 Å². The molecule has 0 spiro atoms. The predicted octanol–water partition coefficient (Wildman–Crippen LogP) is 8.16. The maximum absolute atomic E-state index is 13.2. The van der Waals surface area contributed by atoms with Crippen LogP contribution in [0.25, 0.3) is 0 Å². The van der Waals surface area contributed by atoms with Crippen LogP contribution in [0.15, 0.2) is 38.9 Å². The third-order valence-electron chi connectivity index (χ3n) is 9.39. The highest BCUT2D eigenvalue weighted by atomic mass is 79.9. The fourth-order valence-electron chi connectivity index (χ4n) is 7.52. The van der Waals surface area contributed by atoms with E-state index in [2.05, 4.69) is 80.3 Å². The Morgan fingerprint density at radius 2 is 1.75 bits per heavy atom. The normalized spacial score (nSPS) is 28.8. The molecule has 1 aromatic rings. The molecule has 0 aromatic heterocycles. The summed E-state index contributed by atoms with van der Waals surface area (Å²) in [6.07, 6.45) is 17.5. The van der Waals surface area contributed by atoms with Gasteiger partial charge < -0.3 is 10.2 Å². The number of carbonyl (C=O) groups is 1. The highest BCUT2D eigenvalue weighted by molar-refractivity contribution is 9.12. The third kappa shape index (κ3) is 5.82. The van der Waals surface area contributed by atoms with E-state index in [9.17, 15) is 4.79 Å². The van der Waals surface area contributed by atoms with Crippen molar-refractivity contribution in [2.75, 3.05) is 13.1 Å². The lowest BCUT2D eigenvalue weighted by molar-refractivity contribution is -0.134. The van der Waals surface area contributed by atoms with Crippen LogP contribution < -0.4 is 5.32 Å². The van der Waals surface area contributed by atoms with Crippen LogP contribution >= 0.6 is 31.9 Å². The fourth-order valence-corrected chi connectivity index (χ4v) is 8.83. The summed E-state index contributed by atoms with van der Waals surface area (Å²) in [5.41, 5.74) is 5.83. The number of aryl methyl sites for hydroxylation is 2. The lowest BCUT2D eigenvalue weighted by atomic mass is 9.73. The van der Waals surface area contributed by atoms with Crippen LogP contribution in [0.2, 0.25) is 0 Å². The molecule has 5 heteroatoms. The van der Waals surface area contributed by atoms with Crippen LogP contribution in [0.5, 0.6) is 0 Å². The van der Waals surface area contributed by atoms with Gasteiger partial charge in [0.25, 0.3) is 0 Å². The number of hydrogen-bond donors (Lipinski definition) is 1. The Labute approximate surface area is 234 Å². The van der Waals surface area contributed by atoms with Crippen molar-refractivity contribution in [1.29, 1.82) is 0 Å². The molecule has 1 saturated heterocycles. The van der Waals surface area contributed by atoms with Gasteiger partial charge in [0.2, 0.25) is 5.91 Å². The molecule has 0 radical (unpaired) electrons. The molecule has 3 nitrogen and oxygen atoms in total. The van der Waals surface area contributed by atoms with Gasteiger partial charge in [-0.15, -0.1) is 0 Å². The SMILES string of the molecule is CCCC1CCC(CC(=O)N2CCC(C3c4c(Br)cc(C)cc4CCC4=CC(Br)=CNC43)CC2)CC1. The highest BCUT2D eigenvalue weighted by Crippen LogP contribution is 2.46. The number of nitrogens with one attached hydrogen (secondary N) is 1. The number of rotatable bonds is 5. The zero-order valence-corrected chi connectivity index (χ0v) is 25.2. The number of allylic oxidation sites excluding steroid dienone is 2. The van der Waals surface area contributed by atoms with Gasteiger partial charge >= 0.3 is 0 Å². The first kappa shape index (κ1) is 26.5. The summed E-state index contributed by atoms with van der Waals surface area (Å²) >= 11 is 7.67. The Kier molecular flexibility index (Phi) is 8.67. The second kappa shape index (κ2) is 11.8. The summed E-state index contributed by atoms with van der Waals surface area (Å²) in [5.74, 6) is 2.92. The molecule has 2 unspecified atom stereocenters. The number of carbonyl (C=O) groups excluding carboxylic acids is 1. The maximum Gasteiger partial charge on any atom is 0.222 e. The quantitative estimate of drug-likeness (QED) is 0.361. The summed E-state index contributed by atoms with van der Waals surface area (Å²) in [7, 11) is 0. The molecule has 1 aromatic carbocycles. The van der Waals surface area contributed by atoms with Gasteiger partial charge in [0.15, 0.2) is 0 Å². The lowest BCUT2D eigenvalue weighted by Crippen LogP contribution is -2.44. The number of fused-ring (bicyclic) bond motifs is 2. The minimum atomic E-state index is 0.331. The van der Waals surface area contributed by atoms with Gasteiger partial charge in [-0.05, 0) is 114 Å². The molecule has 2 aliphatic heterocycles. The number of amides is 1. The predicted molar refractivity (Wildman–Crippen MR) is 156 cm³/mol. The summed E-state index contributed by atoms with van der Waals surface area (Å²) in [5, 5.41) is 3.76. The van der Waals surface area contributed by atoms with E-state index in [1.807, 2.05) is 0 Å². The van der Waals surface area contributed by atoms with Crippen molar-refractivity contribution in [1.82, 2.24) is 10.2 Å². The third-order valence-corrected chi connectivity index (χ3v) is 10.5. The van der Waals surface area contributed by atoms with Gasteiger partial charge in [-0.25, -0.2) is 0 Å². The van der Waals surface area contributed by atoms with E-state index >= 15 is 0 Å². The molecule has 196 valence electrons. The molecule has 2 aliphatic carbocycles. The fraction of sp³-hybridized carbons (Fsp3) is 0.645. The number of dihydropyridines is 1. The van der Waals surface area contributed by atoms with Gasteiger partial charge in [-0.3, -0.25) is 4.79 Å². The van der Waals surface area contributed by atoms with E-state index in [1.54, 1.807) is 0 Å². The standard InChI is InChI=1S/C31H42Br2N2O/c1-3-4-21-5-7-22(8-6-21)17-28(36)35-13-11-23(12-14-35)30-29-24(15-20(2)16-27(29)33)9-10-25-18-26(32)19-34-31(25)30/h15-16,18-19,21-23,30-31,34H,3-14,17H2,1-2H3. The highest BCUT2D eigenvalue weighted by Gasteiger charge is 2.40. The Morgan fingerprint density at radius 3 is 2.47 bits per heavy atom. The minimum absolute atomic E-state index is 0.331. The molecule has 2 atom stereocenters. The van der Waals surface area contributed by atoms with Crippen molar-refractivity contribution >= 4 is 37.8 Å². The molecule has 2 heterocycles. The van der Waals surface area contributed by atoms with Crippen molar-refractivity contribution < 1.29 is 4.79 Å². The number of piperidine rings is 1. The largest absolute Gasteiger partial charge is 0.383 e. The lowest BCUT2D eigenvalue weighted by Gasteiger charge is -2.41. The van der Waals surface area contributed by atoms with Crippen molar-refractivity contribution in [2.24, 2.45) is 17.8 Å². The van der Waals surface area contributed by atoms with E-state index in [0.29, 0.717) is 29.7 Å². The Morgan fingerprint density at radius 1 is 1.03 bits per heavy atom. The number of hydrogen-bond acceptors (Lipinski definition) is 2. The second-order valence-electron chi connectivity index (χ2n) is 11.8. The van der Waals surface area contributed by atoms with E-state index in [-0.39, 0.29) is 0 Å². The zero-order valence-electron chi connectivity index (χ0n) is 22.0. The van der Waals surface area contributed by atoms with Gasteiger partial charge in [0.05, 0.1) is 6.04 Å². The number of likely N-dealkylation sites (tertiary alicyclic amines) is 1. The first-order valence-electron chi connectivity index (χ1n) is 14.3. The first-order valence-corrected chi connectivity index (χ1v) is 15.9. The van der Waals surface area contributed by atoms with Crippen molar-refractivity contribution in [3.8, 4) is 0 Å². The molecule has 36 heavy (non-hydrogen) atoms. The molecular weight excluding hydrogens is 576 g/mol. The van der Waals surface area contributed by atoms with Crippen molar-refractivity contribution in [2.45, 2.75) is 96.4 Å². The van der Waals surface area contributed by atoms with Crippen molar-refractivity contribution in [3.63, 3.8) is 0 Å². The molecule has 1 N–H and O–H groups in total. The molecule has 5 rings (SSSR count). The summed E-state index contributed by atoms with van der Waals surface area (Å²) in [6.45, 7) is 6.32. The Bertz CT molecular complexity index is 1020. The molecular formula is C31H42Br2N2O. The number of benzene rings is 1. The monoisotopic (exact) mass is 616 g/mol. The van der Waals surface area contributed by atoms with Crippen LogP contribution in [0.4, 0.5) is 0 Å².